The minimum absolute atomic E-state index is 0.132. The second-order valence-electron chi connectivity index (χ2n) is 6.26. The number of anilines is 1. The maximum absolute atomic E-state index is 12.9. The van der Waals surface area contributed by atoms with Crippen LogP contribution in [0, 0.1) is 0 Å². The molecule has 8 nitrogen and oxygen atoms in total. The molecule has 1 aromatic heterocycles. The van der Waals surface area contributed by atoms with Crippen LogP contribution in [0.1, 0.15) is 22.0 Å². The van der Waals surface area contributed by atoms with Crippen molar-refractivity contribution >= 4 is 17.5 Å². The average Bonchev–Trinajstić information content (AvgIpc) is 3.20. The molecular formula is C19H20N6O2. The van der Waals surface area contributed by atoms with E-state index in [-0.39, 0.29) is 11.8 Å². The van der Waals surface area contributed by atoms with E-state index >= 15 is 0 Å². The van der Waals surface area contributed by atoms with Crippen molar-refractivity contribution in [2.75, 3.05) is 19.4 Å². The third-order valence-electron chi connectivity index (χ3n) is 4.04. The summed E-state index contributed by atoms with van der Waals surface area (Å²) in [6, 6.07) is 15.9. The Kier molecular flexibility index (Phi) is 5.55. The van der Waals surface area contributed by atoms with E-state index in [9.17, 15) is 9.59 Å². The van der Waals surface area contributed by atoms with Crippen LogP contribution in [-0.2, 0) is 11.2 Å². The van der Waals surface area contributed by atoms with Crippen molar-refractivity contribution in [3.05, 3.63) is 72.1 Å². The summed E-state index contributed by atoms with van der Waals surface area (Å²) in [5, 5.41) is 14.0. The molecule has 2 aromatic carbocycles. The van der Waals surface area contributed by atoms with E-state index in [0.717, 1.165) is 5.56 Å². The summed E-state index contributed by atoms with van der Waals surface area (Å²) in [5.41, 5.74) is 2.03. The maximum atomic E-state index is 12.9. The van der Waals surface area contributed by atoms with Gasteiger partial charge in [-0.1, -0.05) is 36.4 Å². The second kappa shape index (κ2) is 8.22. The molecule has 0 radical (unpaired) electrons. The summed E-state index contributed by atoms with van der Waals surface area (Å²) >= 11 is 0. The quantitative estimate of drug-likeness (QED) is 0.720. The minimum atomic E-state index is -0.615. The lowest BCUT2D eigenvalue weighted by Crippen LogP contribution is -2.28. The Labute approximate surface area is 156 Å². The average molecular weight is 364 g/mol. The van der Waals surface area contributed by atoms with Gasteiger partial charge in [0.25, 0.3) is 5.91 Å². The van der Waals surface area contributed by atoms with E-state index in [1.54, 1.807) is 38.4 Å². The standard InChI is InChI=1S/C19H20N6O2/c1-24(2)19(27)15-9-6-10-16(12-15)21-18(26)17(25-13-20-22-23-25)11-14-7-4-3-5-8-14/h3-10,12-13,17H,11H2,1-2H3,(H,21,26). The first-order valence-corrected chi connectivity index (χ1v) is 8.43. The van der Waals surface area contributed by atoms with Crippen LogP contribution in [0.15, 0.2) is 60.9 Å². The van der Waals surface area contributed by atoms with Gasteiger partial charge in [0, 0.05) is 31.8 Å². The Morgan fingerprint density at radius 1 is 1.11 bits per heavy atom. The summed E-state index contributed by atoms with van der Waals surface area (Å²) in [5.74, 6) is -0.395. The number of carbonyl (C=O) groups excluding carboxylic acids is 2. The molecule has 0 aliphatic heterocycles. The smallest absolute Gasteiger partial charge is 0.253 e. The predicted octanol–water partition coefficient (Wildman–Crippen LogP) is 1.80. The topological polar surface area (TPSA) is 93.0 Å². The fourth-order valence-electron chi connectivity index (χ4n) is 2.67. The van der Waals surface area contributed by atoms with Crippen LogP contribution >= 0.6 is 0 Å². The molecule has 8 heteroatoms. The van der Waals surface area contributed by atoms with E-state index in [1.807, 2.05) is 30.3 Å². The summed E-state index contributed by atoms with van der Waals surface area (Å²) in [7, 11) is 3.36. The number of aromatic nitrogens is 4. The van der Waals surface area contributed by atoms with E-state index < -0.39 is 6.04 Å². The SMILES string of the molecule is CN(C)C(=O)c1cccc(NC(=O)C(Cc2ccccc2)n2cnnn2)c1. The number of carbonyl (C=O) groups is 2. The van der Waals surface area contributed by atoms with Gasteiger partial charge in [-0.15, -0.1) is 5.10 Å². The molecule has 1 N–H and O–H groups in total. The predicted molar refractivity (Wildman–Crippen MR) is 100 cm³/mol. The van der Waals surface area contributed by atoms with Crippen LogP contribution in [0.5, 0.6) is 0 Å². The van der Waals surface area contributed by atoms with Gasteiger partial charge in [0.1, 0.15) is 12.4 Å². The molecule has 27 heavy (non-hydrogen) atoms. The fraction of sp³-hybridized carbons (Fsp3) is 0.211. The minimum Gasteiger partial charge on any atom is -0.345 e. The van der Waals surface area contributed by atoms with Gasteiger partial charge < -0.3 is 10.2 Å². The largest absolute Gasteiger partial charge is 0.345 e. The molecule has 0 saturated carbocycles. The number of hydrogen-bond acceptors (Lipinski definition) is 5. The molecule has 0 bridgehead atoms. The first-order chi connectivity index (χ1) is 13.0. The number of nitrogens with zero attached hydrogens (tertiary/aromatic N) is 5. The zero-order chi connectivity index (χ0) is 19.2. The van der Waals surface area contributed by atoms with E-state index in [4.69, 9.17) is 0 Å². The van der Waals surface area contributed by atoms with E-state index in [2.05, 4.69) is 20.8 Å². The highest BCUT2D eigenvalue weighted by Crippen LogP contribution is 2.18. The van der Waals surface area contributed by atoms with Crippen molar-refractivity contribution in [1.82, 2.24) is 25.1 Å². The normalized spacial score (nSPS) is 11.6. The molecule has 1 atom stereocenters. The van der Waals surface area contributed by atoms with Crippen LogP contribution < -0.4 is 5.32 Å². The number of hydrogen-bond donors (Lipinski definition) is 1. The molecule has 1 unspecified atom stereocenters. The molecule has 0 spiro atoms. The van der Waals surface area contributed by atoms with Gasteiger partial charge in [-0.05, 0) is 34.2 Å². The van der Waals surface area contributed by atoms with Gasteiger partial charge in [0.05, 0.1) is 0 Å². The summed E-state index contributed by atoms with van der Waals surface area (Å²) in [6.45, 7) is 0. The van der Waals surface area contributed by atoms with E-state index in [1.165, 1.54) is 15.9 Å². The number of tetrazole rings is 1. The molecule has 2 amide bonds. The molecule has 0 aliphatic carbocycles. The van der Waals surface area contributed by atoms with Crippen LogP contribution in [0.3, 0.4) is 0 Å². The summed E-state index contributed by atoms with van der Waals surface area (Å²) in [6.07, 6.45) is 1.85. The van der Waals surface area contributed by atoms with Crippen LogP contribution in [-0.4, -0.2) is 51.0 Å². The van der Waals surface area contributed by atoms with Crippen molar-refractivity contribution in [3.63, 3.8) is 0 Å². The van der Waals surface area contributed by atoms with Gasteiger partial charge in [0.2, 0.25) is 5.91 Å². The third-order valence-corrected chi connectivity index (χ3v) is 4.04. The Morgan fingerprint density at radius 3 is 2.56 bits per heavy atom. The van der Waals surface area contributed by atoms with Crippen LogP contribution in [0.25, 0.3) is 0 Å². The van der Waals surface area contributed by atoms with Gasteiger partial charge >= 0.3 is 0 Å². The van der Waals surface area contributed by atoms with Gasteiger partial charge in [-0.25, -0.2) is 4.68 Å². The van der Waals surface area contributed by atoms with Crippen LogP contribution in [0.2, 0.25) is 0 Å². The molecule has 0 saturated heterocycles. The van der Waals surface area contributed by atoms with Crippen molar-refractivity contribution in [3.8, 4) is 0 Å². The number of nitrogens with one attached hydrogen (secondary N) is 1. The van der Waals surface area contributed by atoms with Gasteiger partial charge in [0.15, 0.2) is 0 Å². The van der Waals surface area contributed by atoms with Gasteiger partial charge in [-0.2, -0.15) is 0 Å². The molecule has 0 fully saturated rings. The van der Waals surface area contributed by atoms with Crippen molar-refractivity contribution < 1.29 is 9.59 Å². The zero-order valence-corrected chi connectivity index (χ0v) is 15.1. The maximum Gasteiger partial charge on any atom is 0.253 e. The highest BCUT2D eigenvalue weighted by Gasteiger charge is 2.23. The van der Waals surface area contributed by atoms with Crippen molar-refractivity contribution in [2.24, 2.45) is 0 Å². The number of rotatable bonds is 6. The van der Waals surface area contributed by atoms with Crippen molar-refractivity contribution in [2.45, 2.75) is 12.5 Å². The lowest BCUT2D eigenvalue weighted by Gasteiger charge is -2.17. The molecule has 3 rings (SSSR count). The Balaban J connectivity index is 1.81. The molecular weight excluding hydrogens is 344 g/mol. The third kappa shape index (κ3) is 4.55. The van der Waals surface area contributed by atoms with Gasteiger partial charge in [-0.3, -0.25) is 9.59 Å². The molecule has 3 aromatic rings. The molecule has 0 aliphatic rings. The van der Waals surface area contributed by atoms with Crippen LogP contribution in [0.4, 0.5) is 5.69 Å². The Morgan fingerprint density at radius 2 is 1.89 bits per heavy atom. The lowest BCUT2D eigenvalue weighted by molar-refractivity contribution is -0.119. The highest BCUT2D eigenvalue weighted by molar-refractivity contribution is 5.98. The zero-order valence-electron chi connectivity index (χ0n) is 15.1. The monoisotopic (exact) mass is 364 g/mol. The van der Waals surface area contributed by atoms with Crippen molar-refractivity contribution in [1.29, 1.82) is 0 Å². The fourth-order valence-corrected chi connectivity index (χ4v) is 2.67. The second-order valence-corrected chi connectivity index (χ2v) is 6.26. The number of benzene rings is 2. The first-order valence-electron chi connectivity index (χ1n) is 8.43. The summed E-state index contributed by atoms with van der Waals surface area (Å²) < 4.78 is 1.43. The van der Waals surface area contributed by atoms with E-state index in [0.29, 0.717) is 17.7 Å². The molecule has 138 valence electrons. The lowest BCUT2D eigenvalue weighted by atomic mass is 10.1. The first kappa shape index (κ1) is 18.2. The Hall–Kier alpha value is -3.55. The highest BCUT2D eigenvalue weighted by atomic mass is 16.2. The molecule has 1 heterocycles. The summed E-state index contributed by atoms with van der Waals surface area (Å²) in [4.78, 5) is 26.5. The Bertz CT molecular complexity index is 909. The number of amides is 2.